The Kier molecular flexibility index (Phi) is 4.90. The van der Waals surface area contributed by atoms with Crippen LogP contribution in [-0.2, 0) is 10.0 Å². The topological polar surface area (TPSA) is 78.5 Å². The third-order valence-electron chi connectivity index (χ3n) is 2.83. The van der Waals surface area contributed by atoms with Gasteiger partial charge in [0.25, 0.3) is 10.0 Å². The first-order valence-corrected chi connectivity index (χ1v) is 8.84. The van der Waals surface area contributed by atoms with Gasteiger partial charge < -0.3 is 0 Å². The van der Waals surface area contributed by atoms with Crippen molar-refractivity contribution in [2.45, 2.75) is 11.8 Å². The smallest absolute Gasteiger partial charge is 0.270 e. The Bertz CT molecular complexity index is 566. The Morgan fingerprint density at radius 3 is 2.40 bits per heavy atom. The number of aryl methyl sites for hydroxylation is 1. The number of nitrogens with one attached hydrogen (secondary N) is 2. The fourth-order valence-electron chi connectivity index (χ4n) is 1.74. The van der Waals surface area contributed by atoms with Crippen LogP contribution in [0.15, 0.2) is 29.2 Å². The molecule has 1 aromatic carbocycles. The van der Waals surface area contributed by atoms with E-state index in [9.17, 15) is 13.2 Å². The molecule has 0 unspecified atom stereocenters. The molecule has 1 aliphatic rings. The molecule has 0 spiro atoms. The van der Waals surface area contributed by atoms with Crippen LogP contribution in [0, 0.1) is 6.92 Å². The minimum Gasteiger partial charge on any atom is -0.270 e. The fraction of sp³-hybridized carbons (Fsp3) is 0.417. The molecule has 0 radical (unpaired) electrons. The maximum Gasteiger partial charge on any atom is 0.343 e. The van der Waals surface area contributed by atoms with E-state index in [1.807, 2.05) is 11.6 Å². The minimum atomic E-state index is -3.82. The predicted octanol–water partition coefficient (Wildman–Crippen LogP) is 0.947. The summed E-state index contributed by atoms with van der Waals surface area (Å²) in [4.78, 5) is 11.8. The molecule has 2 N–H and O–H groups in total. The van der Waals surface area contributed by atoms with Gasteiger partial charge >= 0.3 is 6.03 Å². The monoisotopic (exact) mass is 315 g/mol. The molecule has 0 saturated carbocycles. The fourth-order valence-corrected chi connectivity index (χ4v) is 3.55. The van der Waals surface area contributed by atoms with E-state index in [1.54, 1.807) is 28.9 Å². The maximum absolute atomic E-state index is 12.0. The first-order valence-electron chi connectivity index (χ1n) is 6.20. The molecule has 6 nitrogen and oxygen atoms in total. The van der Waals surface area contributed by atoms with Crippen LogP contribution in [0.2, 0.25) is 0 Å². The molecule has 20 heavy (non-hydrogen) atoms. The summed E-state index contributed by atoms with van der Waals surface area (Å²) in [5, 5.41) is 1.72. The van der Waals surface area contributed by atoms with Gasteiger partial charge in [0.1, 0.15) is 0 Å². The first kappa shape index (κ1) is 15.1. The molecule has 1 heterocycles. The van der Waals surface area contributed by atoms with Crippen LogP contribution in [-0.4, -0.2) is 44.1 Å². The summed E-state index contributed by atoms with van der Waals surface area (Å²) in [5.74, 6) is 1.84. The van der Waals surface area contributed by atoms with Gasteiger partial charge in [-0.1, -0.05) is 17.7 Å². The highest BCUT2D eigenvalue weighted by atomic mass is 32.2. The van der Waals surface area contributed by atoms with Gasteiger partial charge in [0, 0.05) is 24.6 Å². The standard InChI is InChI=1S/C12H17N3O3S2/c1-10-2-4-11(5-3-10)20(17,18)14-12(16)13-15-6-8-19-9-7-15/h2-5H,6-9H2,1H3,(H2,13,14,16). The number of thioether (sulfide) groups is 1. The van der Waals surface area contributed by atoms with E-state index >= 15 is 0 Å². The lowest BCUT2D eigenvalue weighted by Gasteiger charge is -2.26. The molecule has 1 saturated heterocycles. The van der Waals surface area contributed by atoms with Crippen LogP contribution in [0.4, 0.5) is 4.79 Å². The normalized spacial score (nSPS) is 16.6. The van der Waals surface area contributed by atoms with Crippen molar-refractivity contribution in [3.05, 3.63) is 29.8 Å². The molecule has 8 heteroatoms. The molecule has 0 aliphatic carbocycles. The summed E-state index contributed by atoms with van der Waals surface area (Å²) in [6, 6.07) is 5.60. The highest BCUT2D eigenvalue weighted by Crippen LogP contribution is 2.10. The lowest BCUT2D eigenvalue weighted by atomic mass is 10.2. The van der Waals surface area contributed by atoms with Crippen molar-refractivity contribution in [3.63, 3.8) is 0 Å². The first-order chi connectivity index (χ1) is 9.47. The second kappa shape index (κ2) is 6.47. The Morgan fingerprint density at radius 2 is 1.80 bits per heavy atom. The van der Waals surface area contributed by atoms with Gasteiger partial charge in [-0.05, 0) is 19.1 Å². The van der Waals surface area contributed by atoms with Crippen molar-refractivity contribution in [1.82, 2.24) is 15.2 Å². The summed E-state index contributed by atoms with van der Waals surface area (Å²) in [6.07, 6.45) is 0. The lowest BCUT2D eigenvalue weighted by Crippen LogP contribution is -2.51. The number of hydrogen-bond acceptors (Lipinski definition) is 5. The molecule has 0 aromatic heterocycles. The van der Waals surface area contributed by atoms with Crippen LogP contribution in [0.25, 0.3) is 0 Å². The average molecular weight is 315 g/mol. The van der Waals surface area contributed by atoms with Crippen LogP contribution < -0.4 is 10.1 Å². The molecule has 0 atom stereocenters. The van der Waals surface area contributed by atoms with Gasteiger partial charge in [-0.3, -0.25) is 5.43 Å². The minimum absolute atomic E-state index is 0.0763. The van der Waals surface area contributed by atoms with Crippen LogP contribution in [0.3, 0.4) is 0 Å². The number of rotatable bonds is 3. The number of benzene rings is 1. The van der Waals surface area contributed by atoms with Crippen LogP contribution >= 0.6 is 11.8 Å². The van der Waals surface area contributed by atoms with E-state index < -0.39 is 16.1 Å². The summed E-state index contributed by atoms with van der Waals surface area (Å²) in [5.41, 5.74) is 3.50. The maximum atomic E-state index is 12.0. The van der Waals surface area contributed by atoms with Crippen molar-refractivity contribution < 1.29 is 13.2 Å². The SMILES string of the molecule is Cc1ccc(S(=O)(=O)NC(=O)NN2CCSCC2)cc1. The molecule has 2 amide bonds. The molecule has 1 fully saturated rings. The lowest BCUT2D eigenvalue weighted by molar-refractivity contribution is 0.191. The number of hydrogen-bond donors (Lipinski definition) is 2. The van der Waals surface area contributed by atoms with Crippen molar-refractivity contribution in [3.8, 4) is 0 Å². The molecule has 1 aromatic rings. The molecule has 110 valence electrons. The number of urea groups is 1. The Morgan fingerprint density at radius 1 is 1.20 bits per heavy atom. The highest BCUT2D eigenvalue weighted by Gasteiger charge is 2.19. The number of sulfonamides is 1. The largest absolute Gasteiger partial charge is 0.343 e. The van der Waals surface area contributed by atoms with Crippen molar-refractivity contribution in [2.24, 2.45) is 0 Å². The Labute approximate surface area is 122 Å². The second-order valence-corrected chi connectivity index (χ2v) is 7.37. The van der Waals surface area contributed by atoms with Crippen LogP contribution in [0.1, 0.15) is 5.56 Å². The van der Waals surface area contributed by atoms with E-state index in [-0.39, 0.29) is 4.90 Å². The highest BCUT2D eigenvalue weighted by molar-refractivity contribution is 7.99. The van der Waals surface area contributed by atoms with Gasteiger partial charge in [-0.15, -0.1) is 0 Å². The van der Waals surface area contributed by atoms with Crippen molar-refractivity contribution in [2.75, 3.05) is 24.6 Å². The summed E-state index contributed by atoms with van der Waals surface area (Å²) in [6.45, 7) is 3.29. The van der Waals surface area contributed by atoms with Gasteiger partial charge in [0.05, 0.1) is 4.90 Å². The Balaban J connectivity index is 1.97. The van der Waals surface area contributed by atoms with Crippen molar-refractivity contribution >= 4 is 27.8 Å². The number of carbonyl (C=O) groups is 1. The summed E-state index contributed by atoms with van der Waals surface area (Å²) >= 11 is 1.81. The third kappa shape index (κ3) is 4.12. The Hall–Kier alpha value is -1.25. The quantitative estimate of drug-likeness (QED) is 0.868. The molecule has 0 bridgehead atoms. The predicted molar refractivity (Wildman–Crippen MR) is 78.9 cm³/mol. The van der Waals surface area contributed by atoms with Gasteiger partial charge in [0.15, 0.2) is 0 Å². The van der Waals surface area contributed by atoms with E-state index in [1.165, 1.54) is 12.1 Å². The summed E-state index contributed by atoms with van der Waals surface area (Å²) in [7, 11) is -3.82. The number of carbonyl (C=O) groups excluding carboxylic acids is 1. The molecule has 1 aliphatic heterocycles. The van der Waals surface area contributed by atoms with Gasteiger partial charge in [-0.2, -0.15) is 11.8 Å². The number of nitrogens with zero attached hydrogens (tertiary/aromatic N) is 1. The van der Waals surface area contributed by atoms with Gasteiger partial charge in [0.2, 0.25) is 0 Å². The third-order valence-corrected chi connectivity index (χ3v) is 5.12. The van der Waals surface area contributed by atoms with E-state index in [0.717, 1.165) is 17.1 Å². The average Bonchev–Trinajstić information content (AvgIpc) is 2.39. The number of hydrazine groups is 1. The second-order valence-electron chi connectivity index (χ2n) is 4.46. The number of amides is 2. The van der Waals surface area contributed by atoms with E-state index in [2.05, 4.69) is 5.43 Å². The molecular formula is C12H17N3O3S2. The molecule has 2 rings (SSSR count). The van der Waals surface area contributed by atoms with Crippen molar-refractivity contribution in [1.29, 1.82) is 0 Å². The van der Waals surface area contributed by atoms with Crippen LogP contribution in [0.5, 0.6) is 0 Å². The van der Waals surface area contributed by atoms with E-state index in [4.69, 9.17) is 0 Å². The zero-order chi connectivity index (χ0) is 14.6. The molecular weight excluding hydrogens is 298 g/mol. The zero-order valence-electron chi connectivity index (χ0n) is 11.1. The van der Waals surface area contributed by atoms with E-state index in [0.29, 0.717) is 13.1 Å². The van der Waals surface area contributed by atoms with Gasteiger partial charge in [-0.25, -0.2) is 22.9 Å². The zero-order valence-corrected chi connectivity index (χ0v) is 12.8. The summed E-state index contributed by atoms with van der Waals surface area (Å²) < 4.78 is 26.0.